The summed E-state index contributed by atoms with van der Waals surface area (Å²) in [6, 6.07) is 27.2. The fourth-order valence-electron chi connectivity index (χ4n) is 4.15. The fourth-order valence-corrected chi connectivity index (χ4v) is 5.17. The Labute approximate surface area is 207 Å². The monoisotopic (exact) mass is 483 g/mol. The summed E-state index contributed by atoms with van der Waals surface area (Å²) in [6.45, 7) is 1.81. The maximum absolute atomic E-state index is 13.4. The molecule has 7 heteroatoms. The molecule has 5 rings (SSSR count). The van der Waals surface area contributed by atoms with Gasteiger partial charge < -0.3 is 9.73 Å². The van der Waals surface area contributed by atoms with Crippen LogP contribution in [-0.2, 0) is 18.6 Å². The molecule has 6 nitrogen and oxygen atoms in total. The third-order valence-electron chi connectivity index (χ3n) is 6.06. The number of furan rings is 1. The molecule has 5 aromatic rings. The minimum atomic E-state index is -0.428. The van der Waals surface area contributed by atoms with Gasteiger partial charge in [-0.25, -0.2) is 4.68 Å². The summed E-state index contributed by atoms with van der Waals surface area (Å²) in [4.78, 5) is 26.7. The van der Waals surface area contributed by atoms with Gasteiger partial charge >= 0.3 is 0 Å². The second-order valence-electron chi connectivity index (χ2n) is 8.27. The van der Waals surface area contributed by atoms with E-state index in [0.717, 1.165) is 22.4 Å². The van der Waals surface area contributed by atoms with E-state index in [0.29, 0.717) is 17.0 Å². The third-order valence-corrected chi connectivity index (χ3v) is 7.09. The summed E-state index contributed by atoms with van der Waals surface area (Å²) in [5.41, 5.74) is 4.03. The van der Waals surface area contributed by atoms with E-state index < -0.39 is 5.91 Å². The molecule has 3 aromatic carbocycles. The number of thioether (sulfide) groups is 1. The standard InChI is InChI=1S/C28H25N3O3S/c1-19-25(28(33)31(30(19)2)21-13-7-4-8-14-21)29-27(32)26-23(22-15-9-10-16-24(22)34-26)18-35-17-20-11-5-3-6-12-20/h3-16H,17-18H2,1-2H3,(H,29,32). The normalized spacial score (nSPS) is 11.1. The Kier molecular flexibility index (Phi) is 6.33. The van der Waals surface area contributed by atoms with Gasteiger partial charge in [0.15, 0.2) is 5.76 Å². The fraction of sp³-hybridized carbons (Fsp3) is 0.143. The number of carbonyl (C=O) groups is 1. The number of rotatable bonds is 7. The number of nitrogens with one attached hydrogen (secondary N) is 1. The van der Waals surface area contributed by atoms with Gasteiger partial charge in [-0.3, -0.25) is 14.3 Å². The van der Waals surface area contributed by atoms with Gasteiger partial charge in [0, 0.05) is 29.5 Å². The number of carbonyl (C=O) groups excluding carboxylic acids is 1. The average molecular weight is 484 g/mol. The molecule has 35 heavy (non-hydrogen) atoms. The molecule has 0 bridgehead atoms. The van der Waals surface area contributed by atoms with Gasteiger partial charge in [-0.05, 0) is 30.7 Å². The number of amides is 1. The van der Waals surface area contributed by atoms with E-state index in [2.05, 4.69) is 17.4 Å². The molecule has 0 aliphatic rings. The number of nitrogens with zero attached hydrogens (tertiary/aromatic N) is 2. The van der Waals surface area contributed by atoms with Crippen molar-refractivity contribution in [1.29, 1.82) is 0 Å². The highest BCUT2D eigenvalue weighted by Crippen LogP contribution is 2.31. The van der Waals surface area contributed by atoms with Crippen LogP contribution in [0.15, 0.2) is 94.1 Å². The highest BCUT2D eigenvalue weighted by molar-refractivity contribution is 7.97. The second kappa shape index (κ2) is 9.72. The molecule has 0 saturated carbocycles. The molecule has 176 valence electrons. The zero-order chi connectivity index (χ0) is 24.4. The molecular weight excluding hydrogens is 458 g/mol. The van der Waals surface area contributed by atoms with Crippen molar-refractivity contribution < 1.29 is 9.21 Å². The van der Waals surface area contributed by atoms with E-state index in [4.69, 9.17) is 4.42 Å². The van der Waals surface area contributed by atoms with Crippen LogP contribution in [0.1, 0.15) is 27.4 Å². The molecule has 0 radical (unpaired) electrons. The van der Waals surface area contributed by atoms with Crippen molar-refractivity contribution in [3.63, 3.8) is 0 Å². The topological polar surface area (TPSA) is 69.2 Å². The van der Waals surface area contributed by atoms with Crippen LogP contribution < -0.4 is 10.9 Å². The summed E-state index contributed by atoms with van der Waals surface area (Å²) >= 11 is 1.72. The van der Waals surface area contributed by atoms with Crippen LogP contribution in [-0.4, -0.2) is 15.3 Å². The first-order valence-corrected chi connectivity index (χ1v) is 12.5. The predicted octanol–water partition coefficient (Wildman–Crippen LogP) is 5.92. The van der Waals surface area contributed by atoms with E-state index >= 15 is 0 Å². The summed E-state index contributed by atoms with van der Waals surface area (Å²) in [6.07, 6.45) is 0. The number of fused-ring (bicyclic) bond motifs is 1. The number of aromatic nitrogens is 2. The first-order valence-electron chi connectivity index (χ1n) is 11.3. The van der Waals surface area contributed by atoms with Crippen molar-refractivity contribution in [3.8, 4) is 5.69 Å². The molecule has 0 fully saturated rings. The van der Waals surface area contributed by atoms with Gasteiger partial charge in [0.25, 0.3) is 11.5 Å². The quantitative estimate of drug-likeness (QED) is 0.312. The highest BCUT2D eigenvalue weighted by Gasteiger charge is 2.24. The minimum Gasteiger partial charge on any atom is -0.451 e. The van der Waals surface area contributed by atoms with Crippen molar-refractivity contribution >= 4 is 34.3 Å². The van der Waals surface area contributed by atoms with E-state index in [-0.39, 0.29) is 17.0 Å². The van der Waals surface area contributed by atoms with Crippen molar-refractivity contribution in [2.75, 3.05) is 5.32 Å². The molecule has 0 atom stereocenters. The largest absolute Gasteiger partial charge is 0.451 e. The molecule has 1 amide bonds. The lowest BCUT2D eigenvalue weighted by Gasteiger charge is -2.07. The predicted molar refractivity (Wildman–Crippen MR) is 141 cm³/mol. The molecule has 2 aromatic heterocycles. The Morgan fingerprint density at radius 3 is 2.31 bits per heavy atom. The van der Waals surface area contributed by atoms with Gasteiger partial charge in [0.05, 0.1) is 11.4 Å². The Hall–Kier alpha value is -3.97. The van der Waals surface area contributed by atoms with Crippen molar-refractivity contribution in [2.24, 2.45) is 7.05 Å². The lowest BCUT2D eigenvalue weighted by molar-refractivity contribution is 0.0997. The first-order chi connectivity index (χ1) is 17.0. The molecule has 0 aliphatic carbocycles. The van der Waals surface area contributed by atoms with Crippen LogP contribution >= 0.6 is 11.8 Å². The van der Waals surface area contributed by atoms with Crippen LogP contribution in [0.2, 0.25) is 0 Å². The van der Waals surface area contributed by atoms with Gasteiger partial charge in [0.1, 0.15) is 11.3 Å². The lowest BCUT2D eigenvalue weighted by atomic mass is 10.1. The summed E-state index contributed by atoms with van der Waals surface area (Å²) in [5, 5.41) is 3.75. The second-order valence-corrected chi connectivity index (χ2v) is 9.26. The van der Waals surface area contributed by atoms with E-state index in [1.54, 1.807) is 28.2 Å². The molecule has 0 unspecified atom stereocenters. The molecule has 0 saturated heterocycles. The van der Waals surface area contributed by atoms with E-state index in [1.165, 1.54) is 5.56 Å². The van der Waals surface area contributed by atoms with Crippen molar-refractivity contribution in [3.05, 3.63) is 118 Å². The Bertz CT molecular complexity index is 1550. The zero-order valence-electron chi connectivity index (χ0n) is 19.5. The van der Waals surface area contributed by atoms with Crippen LogP contribution in [0.5, 0.6) is 0 Å². The van der Waals surface area contributed by atoms with Crippen molar-refractivity contribution in [1.82, 2.24) is 9.36 Å². The SMILES string of the molecule is Cc1c(NC(=O)c2oc3ccccc3c2CSCc2ccccc2)c(=O)n(-c2ccccc2)n1C. The number of hydrogen-bond donors (Lipinski definition) is 1. The van der Waals surface area contributed by atoms with Gasteiger partial charge in [-0.2, -0.15) is 11.8 Å². The summed E-state index contributed by atoms with van der Waals surface area (Å²) in [5.74, 6) is 1.24. The van der Waals surface area contributed by atoms with Crippen LogP contribution in [0.4, 0.5) is 5.69 Å². The number of benzene rings is 3. The smallest absolute Gasteiger partial charge is 0.295 e. The third kappa shape index (κ3) is 4.42. The zero-order valence-corrected chi connectivity index (χ0v) is 20.3. The maximum atomic E-state index is 13.4. The molecule has 0 aliphatic heterocycles. The van der Waals surface area contributed by atoms with E-state index in [9.17, 15) is 9.59 Å². The number of anilines is 1. The maximum Gasteiger partial charge on any atom is 0.295 e. The molecule has 1 N–H and O–H groups in total. The van der Waals surface area contributed by atoms with Gasteiger partial charge in [-0.1, -0.05) is 66.7 Å². The first kappa shape index (κ1) is 22.8. The van der Waals surface area contributed by atoms with Crippen LogP contribution in [0, 0.1) is 6.92 Å². The lowest BCUT2D eigenvalue weighted by Crippen LogP contribution is -2.23. The van der Waals surface area contributed by atoms with Gasteiger partial charge in [-0.15, -0.1) is 0 Å². The Morgan fingerprint density at radius 1 is 0.914 bits per heavy atom. The number of para-hydroxylation sites is 2. The molecule has 2 heterocycles. The van der Waals surface area contributed by atoms with Crippen LogP contribution in [0.3, 0.4) is 0 Å². The summed E-state index contributed by atoms with van der Waals surface area (Å²) < 4.78 is 9.28. The number of hydrogen-bond acceptors (Lipinski definition) is 4. The average Bonchev–Trinajstić information content (AvgIpc) is 3.36. The minimum absolute atomic E-state index is 0.237. The molecular formula is C28H25N3O3S. The van der Waals surface area contributed by atoms with Crippen LogP contribution in [0.25, 0.3) is 16.7 Å². The van der Waals surface area contributed by atoms with E-state index in [1.807, 2.05) is 79.7 Å². The Balaban J connectivity index is 1.46. The Morgan fingerprint density at radius 2 is 1.57 bits per heavy atom. The van der Waals surface area contributed by atoms with Gasteiger partial charge in [0.2, 0.25) is 0 Å². The summed E-state index contributed by atoms with van der Waals surface area (Å²) in [7, 11) is 1.80. The molecule has 0 spiro atoms. The highest BCUT2D eigenvalue weighted by atomic mass is 32.2. The van der Waals surface area contributed by atoms with Crippen molar-refractivity contribution in [2.45, 2.75) is 18.4 Å².